The van der Waals surface area contributed by atoms with Crippen LogP contribution in [0.2, 0.25) is 5.02 Å². The Balaban J connectivity index is 2.27. The number of para-hydroxylation sites is 1. The maximum absolute atomic E-state index is 11.1. The summed E-state index contributed by atoms with van der Waals surface area (Å²) in [5.74, 6) is 0.661. The molecule has 3 aromatic rings. The van der Waals surface area contributed by atoms with E-state index in [2.05, 4.69) is 0 Å². The van der Waals surface area contributed by atoms with Crippen LogP contribution in [0.1, 0.15) is 15.9 Å². The van der Waals surface area contributed by atoms with Gasteiger partial charge in [-0.15, -0.1) is 0 Å². The number of fused-ring (bicyclic) bond motifs is 1. The van der Waals surface area contributed by atoms with Crippen molar-refractivity contribution in [1.82, 2.24) is 0 Å². The van der Waals surface area contributed by atoms with Crippen molar-refractivity contribution in [3.05, 3.63) is 58.6 Å². The molecule has 0 saturated carbocycles. The zero-order chi connectivity index (χ0) is 13.4. The maximum atomic E-state index is 11.1. The molecule has 2 aromatic carbocycles. The highest BCUT2D eigenvalue weighted by molar-refractivity contribution is 6.34. The van der Waals surface area contributed by atoms with Crippen LogP contribution in [-0.4, -0.2) is 6.29 Å². The average Bonchev–Trinajstić information content (AvgIpc) is 2.84. The molecular formula is C16H11ClO2. The molecule has 0 bridgehead atoms. The molecule has 0 spiro atoms. The number of hydrogen-bond acceptors (Lipinski definition) is 2. The van der Waals surface area contributed by atoms with Gasteiger partial charge in [-0.3, -0.25) is 4.79 Å². The monoisotopic (exact) mass is 270 g/mol. The molecule has 0 amide bonds. The van der Waals surface area contributed by atoms with Gasteiger partial charge in [0.1, 0.15) is 5.76 Å². The first-order valence-electron chi connectivity index (χ1n) is 5.93. The van der Waals surface area contributed by atoms with E-state index in [4.69, 9.17) is 16.0 Å². The second-order valence-electron chi connectivity index (χ2n) is 4.48. The van der Waals surface area contributed by atoms with Crippen LogP contribution in [0.3, 0.4) is 0 Å². The molecule has 1 aromatic heterocycles. The van der Waals surface area contributed by atoms with Crippen LogP contribution in [0.5, 0.6) is 0 Å². The van der Waals surface area contributed by atoms with E-state index in [0.717, 1.165) is 22.8 Å². The minimum atomic E-state index is 0.573. The van der Waals surface area contributed by atoms with Gasteiger partial charge in [0.25, 0.3) is 0 Å². The van der Waals surface area contributed by atoms with Gasteiger partial charge in [-0.05, 0) is 25.1 Å². The highest BCUT2D eigenvalue weighted by atomic mass is 35.5. The predicted octanol–water partition coefficient (Wildman–Crippen LogP) is 4.87. The van der Waals surface area contributed by atoms with Crippen LogP contribution >= 0.6 is 11.6 Å². The first-order chi connectivity index (χ1) is 9.19. The smallest absolute Gasteiger partial charge is 0.153 e. The molecule has 19 heavy (non-hydrogen) atoms. The number of halogens is 1. The lowest BCUT2D eigenvalue weighted by molar-refractivity contribution is 0.112. The van der Waals surface area contributed by atoms with Crippen molar-refractivity contribution >= 4 is 28.9 Å². The number of rotatable bonds is 2. The number of aryl methyl sites for hydroxylation is 1. The van der Waals surface area contributed by atoms with Gasteiger partial charge in [-0.1, -0.05) is 41.4 Å². The fourth-order valence-electron chi connectivity index (χ4n) is 2.15. The third kappa shape index (κ3) is 2.04. The first kappa shape index (κ1) is 12.0. The van der Waals surface area contributed by atoms with Crippen LogP contribution < -0.4 is 0 Å². The first-order valence-corrected chi connectivity index (χ1v) is 6.31. The molecule has 0 atom stereocenters. The molecule has 0 aliphatic rings. The van der Waals surface area contributed by atoms with E-state index < -0.39 is 0 Å². The molecule has 0 saturated heterocycles. The van der Waals surface area contributed by atoms with Crippen molar-refractivity contribution in [3.8, 4) is 11.3 Å². The predicted molar refractivity (Wildman–Crippen MR) is 76.8 cm³/mol. The Labute approximate surface area is 115 Å². The lowest BCUT2D eigenvalue weighted by Crippen LogP contribution is -1.87. The minimum absolute atomic E-state index is 0.573. The summed E-state index contributed by atoms with van der Waals surface area (Å²) in [5.41, 5.74) is 3.13. The maximum Gasteiger partial charge on any atom is 0.153 e. The Morgan fingerprint density at radius 2 is 2.00 bits per heavy atom. The summed E-state index contributed by atoms with van der Waals surface area (Å²) in [6, 6.07) is 13.1. The minimum Gasteiger partial charge on any atom is -0.454 e. The lowest BCUT2D eigenvalue weighted by atomic mass is 10.0. The molecule has 3 rings (SSSR count). The van der Waals surface area contributed by atoms with E-state index in [-0.39, 0.29) is 0 Å². The Hall–Kier alpha value is -2.06. The SMILES string of the molecule is Cc1ccc(C=O)c(-c2cc3cccc(Cl)c3o2)c1. The van der Waals surface area contributed by atoms with Crippen LogP contribution in [-0.2, 0) is 0 Å². The van der Waals surface area contributed by atoms with Crippen molar-refractivity contribution in [2.24, 2.45) is 0 Å². The highest BCUT2D eigenvalue weighted by Crippen LogP contribution is 2.33. The topological polar surface area (TPSA) is 30.2 Å². The third-order valence-corrected chi connectivity index (χ3v) is 3.39. The van der Waals surface area contributed by atoms with E-state index in [1.54, 1.807) is 12.1 Å². The molecule has 0 aliphatic carbocycles. The van der Waals surface area contributed by atoms with E-state index >= 15 is 0 Å². The van der Waals surface area contributed by atoms with Crippen LogP contribution in [0, 0.1) is 6.92 Å². The number of benzene rings is 2. The number of furan rings is 1. The van der Waals surface area contributed by atoms with Crippen molar-refractivity contribution in [1.29, 1.82) is 0 Å². The van der Waals surface area contributed by atoms with Crippen LogP contribution in [0.25, 0.3) is 22.3 Å². The zero-order valence-corrected chi connectivity index (χ0v) is 11.1. The second-order valence-corrected chi connectivity index (χ2v) is 4.88. The van der Waals surface area contributed by atoms with Crippen molar-refractivity contribution < 1.29 is 9.21 Å². The third-order valence-electron chi connectivity index (χ3n) is 3.10. The Kier molecular flexibility index (Phi) is 2.88. The van der Waals surface area contributed by atoms with Crippen molar-refractivity contribution in [3.63, 3.8) is 0 Å². The van der Waals surface area contributed by atoms with E-state index in [0.29, 0.717) is 21.9 Å². The lowest BCUT2D eigenvalue weighted by Gasteiger charge is -2.02. The Morgan fingerprint density at radius 1 is 1.16 bits per heavy atom. The molecule has 0 aliphatic heterocycles. The molecule has 0 unspecified atom stereocenters. The molecule has 0 radical (unpaired) electrons. The van der Waals surface area contributed by atoms with Gasteiger partial charge >= 0.3 is 0 Å². The molecule has 0 N–H and O–H groups in total. The molecule has 0 fully saturated rings. The number of hydrogen-bond donors (Lipinski definition) is 0. The second kappa shape index (κ2) is 4.56. The van der Waals surface area contributed by atoms with Gasteiger partial charge < -0.3 is 4.42 Å². The van der Waals surface area contributed by atoms with Gasteiger partial charge in [0.05, 0.1) is 5.02 Å². The molecular weight excluding hydrogens is 260 g/mol. The van der Waals surface area contributed by atoms with Crippen molar-refractivity contribution in [2.45, 2.75) is 6.92 Å². The molecule has 94 valence electrons. The van der Waals surface area contributed by atoms with Crippen molar-refractivity contribution in [2.75, 3.05) is 0 Å². The van der Waals surface area contributed by atoms with Gasteiger partial charge in [0.2, 0.25) is 0 Å². The standard InChI is InChI=1S/C16H11ClO2/c1-10-5-6-12(9-18)13(7-10)15-8-11-3-2-4-14(17)16(11)19-15/h2-9H,1H3. The van der Waals surface area contributed by atoms with E-state index in [9.17, 15) is 4.79 Å². The van der Waals surface area contributed by atoms with Gasteiger partial charge in [0.15, 0.2) is 11.9 Å². The quantitative estimate of drug-likeness (QED) is 0.622. The van der Waals surface area contributed by atoms with Gasteiger partial charge in [-0.2, -0.15) is 0 Å². The number of aldehydes is 1. The zero-order valence-electron chi connectivity index (χ0n) is 10.3. The van der Waals surface area contributed by atoms with E-state index in [1.807, 2.05) is 37.3 Å². The summed E-state index contributed by atoms with van der Waals surface area (Å²) in [5, 5.41) is 1.50. The Morgan fingerprint density at radius 3 is 2.74 bits per heavy atom. The molecule has 1 heterocycles. The van der Waals surface area contributed by atoms with Gasteiger partial charge in [0, 0.05) is 16.5 Å². The molecule has 2 nitrogen and oxygen atoms in total. The Bertz CT molecular complexity index is 772. The fourth-order valence-corrected chi connectivity index (χ4v) is 2.37. The fraction of sp³-hybridized carbons (Fsp3) is 0.0625. The highest BCUT2D eigenvalue weighted by Gasteiger charge is 2.12. The summed E-state index contributed by atoms with van der Waals surface area (Å²) in [6.45, 7) is 1.98. The van der Waals surface area contributed by atoms with Crippen LogP contribution in [0.4, 0.5) is 0 Å². The van der Waals surface area contributed by atoms with Gasteiger partial charge in [-0.25, -0.2) is 0 Å². The summed E-state index contributed by atoms with van der Waals surface area (Å²) >= 11 is 6.10. The summed E-state index contributed by atoms with van der Waals surface area (Å²) < 4.78 is 5.79. The summed E-state index contributed by atoms with van der Waals surface area (Å²) in [6.07, 6.45) is 0.837. The summed E-state index contributed by atoms with van der Waals surface area (Å²) in [4.78, 5) is 11.1. The summed E-state index contributed by atoms with van der Waals surface area (Å²) in [7, 11) is 0. The van der Waals surface area contributed by atoms with E-state index in [1.165, 1.54) is 0 Å². The number of carbonyl (C=O) groups excluding carboxylic acids is 1. The average molecular weight is 271 g/mol. The largest absolute Gasteiger partial charge is 0.454 e. The van der Waals surface area contributed by atoms with Crippen LogP contribution in [0.15, 0.2) is 46.9 Å². The molecule has 3 heteroatoms. The normalized spacial score (nSPS) is 10.8. The number of carbonyl (C=O) groups is 1.